The average Bonchev–Trinajstić information content (AvgIpc) is 2.67. The van der Waals surface area contributed by atoms with Crippen molar-refractivity contribution in [2.45, 2.75) is 43.0 Å². The zero-order chi connectivity index (χ0) is 13.4. The van der Waals surface area contributed by atoms with E-state index in [0.29, 0.717) is 5.69 Å². The number of nitrogen functional groups attached to an aromatic ring is 1. The van der Waals surface area contributed by atoms with E-state index in [-0.39, 0.29) is 15.5 Å². The summed E-state index contributed by atoms with van der Waals surface area (Å²) in [7, 11) is -3.53. The van der Waals surface area contributed by atoms with Gasteiger partial charge >= 0.3 is 0 Å². The van der Waals surface area contributed by atoms with E-state index in [0.717, 1.165) is 25.7 Å². The van der Waals surface area contributed by atoms with Crippen molar-refractivity contribution in [1.82, 2.24) is 4.72 Å². The number of hydrogen-bond acceptors (Lipinski definition) is 3. The van der Waals surface area contributed by atoms with Crippen molar-refractivity contribution < 1.29 is 8.42 Å². The molecule has 0 unspecified atom stereocenters. The molecule has 0 saturated heterocycles. The Kier molecular flexibility index (Phi) is 3.58. The molecule has 1 aromatic carbocycles. The van der Waals surface area contributed by atoms with Crippen LogP contribution in [0.2, 0.25) is 5.02 Å². The maximum absolute atomic E-state index is 12.2. The van der Waals surface area contributed by atoms with E-state index < -0.39 is 10.0 Å². The number of sulfonamides is 1. The Hall–Kier alpha value is -0.780. The number of nitrogens with one attached hydrogen (secondary N) is 1. The van der Waals surface area contributed by atoms with Gasteiger partial charge in [0, 0.05) is 5.54 Å². The number of halogens is 1. The highest BCUT2D eigenvalue weighted by molar-refractivity contribution is 7.89. The Balaban J connectivity index is 2.27. The van der Waals surface area contributed by atoms with Crippen LogP contribution in [0.1, 0.15) is 32.6 Å². The smallest absolute Gasteiger partial charge is 0.241 e. The molecule has 3 N–H and O–H groups in total. The first-order valence-electron chi connectivity index (χ1n) is 5.91. The highest BCUT2D eigenvalue weighted by Crippen LogP contribution is 2.31. The first-order chi connectivity index (χ1) is 8.32. The fourth-order valence-corrected chi connectivity index (χ4v) is 4.05. The van der Waals surface area contributed by atoms with E-state index in [2.05, 4.69) is 4.72 Å². The first kappa shape index (κ1) is 13.6. The molecule has 0 bridgehead atoms. The number of rotatable bonds is 3. The molecule has 0 amide bonds. The molecule has 4 nitrogen and oxygen atoms in total. The second-order valence-corrected chi connectivity index (χ2v) is 7.15. The molecule has 18 heavy (non-hydrogen) atoms. The van der Waals surface area contributed by atoms with Gasteiger partial charge in [0.1, 0.15) is 0 Å². The van der Waals surface area contributed by atoms with Crippen LogP contribution >= 0.6 is 11.6 Å². The van der Waals surface area contributed by atoms with Gasteiger partial charge in [-0.3, -0.25) is 0 Å². The Labute approximate surface area is 113 Å². The van der Waals surface area contributed by atoms with Crippen molar-refractivity contribution in [2.75, 3.05) is 5.73 Å². The fourth-order valence-electron chi connectivity index (χ4n) is 2.32. The third kappa shape index (κ3) is 2.79. The van der Waals surface area contributed by atoms with Crippen molar-refractivity contribution in [2.24, 2.45) is 0 Å². The van der Waals surface area contributed by atoms with Crippen molar-refractivity contribution in [3.63, 3.8) is 0 Å². The molecule has 1 aliphatic rings. The molecule has 2 rings (SSSR count). The molecule has 100 valence electrons. The molecule has 6 heteroatoms. The predicted octanol–water partition coefficient (Wildman–Crippen LogP) is 2.53. The molecule has 1 aromatic rings. The van der Waals surface area contributed by atoms with Crippen LogP contribution in [0.15, 0.2) is 23.1 Å². The lowest BCUT2D eigenvalue weighted by Gasteiger charge is -2.25. The van der Waals surface area contributed by atoms with Gasteiger partial charge < -0.3 is 5.73 Å². The van der Waals surface area contributed by atoms with E-state index in [9.17, 15) is 8.42 Å². The maximum atomic E-state index is 12.2. The van der Waals surface area contributed by atoms with Crippen molar-refractivity contribution in [3.8, 4) is 0 Å². The van der Waals surface area contributed by atoms with E-state index in [4.69, 9.17) is 17.3 Å². The van der Waals surface area contributed by atoms with Crippen LogP contribution in [0.25, 0.3) is 0 Å². The summed E-state index contributed by atoms with van der Waals surface area (Å²) < 4.78 is 27.3. The molecular weight excluding hydrogens is 272 g/mol. The summed E-state index contributed by atoms with van der Waals surface area (Å²) in [5.41, 5.74) is 5.61. The Bertz CT molecular complexity index is 551. The van der Waals surface area contributed by atoms with Crippen LogP contribution in [0.3, 0.4) is 0 Å². The average molecular weight is 289 g/mol. The number of nitrogens with two attached hydrogens (primary N) is 1. The molecule has 1 saturated carbocycles. The van der Waals surface area contributed by atoms with Gasteiger partial charge in [-0.15, -0.1) is 0 Å². The zero-order valence-corrected chi connectivity index (χ0v) is 11.8. The predicted molar refractivity (Wildman–Crippen MR) is 73.1 cm³/mol. The summed E-state index contributed by atoms with van der Waals surface area (Å²) in [5.74, 6) is 0. The highest BCUT2D eigenvalue weighted by Gasteiger charge is 2.33. The summed E-state index contributed by atoms with van der Waals surface area (Å²) in [6.07, 6.45) is 3.85. The Morgan fingerprint density at radius 1 is 1.33 bits per heavy atom. The second kappa shape index (κ2) is 4.72. The van der Waals surface area contributed by atoms with Gasteiger partial charge in [-0.25, -0.2) is 13.1 Å². The standard InChI is InChI=1S/C12H17ClN2O2S/c1-12(6-2-3-7-12)15-18(16,17)9-4-5-11(14)10(13)8-9/h4-5,8,15H,2-3,6-7,14H2,1H3. The zero-order valence-electron chi connectivity index (χ0n) is 10.2. The van der Waals surface area contributed by atoms with Gasteiger partial charge in [-0.1, -0.05) is 24.4 Å². The topological polar surface area (TPSA) is 72.2 Å². The minimum Gasteiger partial charge on any atom is -0.398 e. The van der Waals surface area contributed by atoms with Crippen LogP contribution in [0.5, 0.6) is 0 Å². The highest BCUT2D eigenvalue weighted by atomic mass is 35.5. The van der Waals surface area contributed by atoms with Gasteiger partial charge in [-0.2, -0.15) is 0 Å². The van der Waals surface area contributed by atoms with Crippen LogP contribution in [-0.4, -0.2) is 14.0 Å². The van der Waals surface area contributed by atoms with Crippen LogP contribution in [0.4, 0.5) is 5.69 Å². The summed E-state index contributed by atoms with van der Waals surface area (Å²) in [6, 6.07) is 4.37. The van der Waals surface area contributed by atoms with E-state index >= 15 is 0 Å². The minimum atomic E-state index is -3.53. The van der Waals surface area contributed by atoms with Crippen LogP contribution in [-0.2, 0) is 10.0 Å². The van der Waals surface area contributed by atoms with Crippen LogP contribution < -0.4 is 10.5 Å². The van der Waals surface area contributed by atoms with Crippen LogP contribution in [0, 0.1) is 0 Å². The lowest BCUT2D eigenvalue weighted by Crippen LogP contribution is -2.43. The fraction of sp³-hybridized carbons (Fsp3) is 0.500. The molecular formula is C12H17ClN2O2S. The molecule has 0 radical (unpaired) electrons. The normalized spacial score (nSPS) is 19.0. The number of benzene rings is 1. The molecule has 1 fully saturated rings. The van der Waals surface area contributed by atoms with Gasteiger partial charge in [0.2, 0.25) is 10.0 Å². The SMILES string of the molecule is CC1(NS(=O)(=O)c2ccc(N)c(Cl)c2)CCCC1. The quantitative estimate of drug-likeness (QED) is 0.840. The summed E-state index contributed by atoms with van der Waals surface area (Å²) in [4.78, 5) is 0.162. The Morgan fingerprint density at radius 3 is 2.50 bits per heavy atom. The van der Waals surface area contributed by atoms with Gasteiger partial charge in [0.05, 0.1) is 15.6 Å². The maximum Gasteiger partial charge on any atom is 0.241 e. The largest absolute Gasteiger partial charge is 0.398 e. The van der Waals surface area contributed by atoms with E-state index in [1.807, 2.05) is 6.92 Å². The number of anilines is 1. The summed E-state index contributed by atoms with van der Waals surface area (Å²) >= 11 is 5.85. The van der Waals surface area contributed by atoms with Gasteiger partial charge in [0.15, 0.2) is 0 Å². The van der Waals surface area contributed by atoms with E-state index in [1.54, 1.807) is 0 Å². The lowest BCUT2D eigenvalue weighted by atomic mass is 10.0. The molecule has 1 aliphatic carbocycles. The molecule has 0 atom stereocenters. The van der Waals surface area contributed by atoms with E-state index in [1.165, 1.54) is 18.2 Å². The van der Waals surface area contributed by atoms with Gasteiger partial charge in [-0.05, 0) is 38.0 Å². The van der Waals surface area contributed by atoms with Crippen molar-refractivity contribution >= 4 is 27.3 Å². The molecule has 0 aliphatic heterocycles. The lowest BCUT2D eigenvalue weighted by molar-refractivity contribution is 0.427. The third-order valence-corrected chi connectivity index (χ3v) is 5.33. The van der Waals surface area contributed by atoms with Crippen molar-refractivity contribution in [1.29, 1.82) is 0 Å². The van der Waals surface area contributed by atoms with Gasteiger partial charge in [0.25, 0.3) is 0 Å². The summed E-state index contributed by atoms with van der Waals surface area (Å²) in [6.45, 7) is 1.94. The molecule has 0 aromatic heterocycles. The Morgan fingerprint density at radius 2 is 1.94 bits per heavy atom. The molecule has 0 spiro atoms. The first-order valence-corrected chi connectivity index (χ1v) is 7.78. The summed E-state index contributed by atoms with van der Waals surface area (Å²) in [5, 5.41) is 0.259. The second-order valence-electron chi connectivity index (χ2n) is 5.06. The number of hydrogen-bond donors (Lipinski definition) is 2. The monoisotopic (exact) mass is 288 g/mol. The third-order valence-electron chi connectivity index (χ3n) is 3.37. The molecule has 0 heterocycles. The minimum absolute atomic E-state index is 0.162. The van der Waals surface area contributed by atoms with Crippen molar-refractivity contribution in [3.05, 3.63) is 23.2 Å².